The lowest BCUT2D eigenvalue weighted by Gasteiger charge is -2.12. The van der Waals surface area contributed by atoms with Gasteiger partial charge in [0.1, 0.15) is 17.6 Å². The number of rotatable bonds is 4. The third-order valence-electron chi connectivity index (χ3n) is 3.29. The molecule has 0 aliphatic heterocycles. The van der Waals surface area contributed by atoms with Crippen molar-refractivity contribution in [3.05, 3.63) is 96.1 Å². The van der Waals surface area contributed by atoms with Gasteiger partial charge in [0.05, 0.1) is 0 Å². The van der Waals surface area contributed by atoms with Gasteiger partial charge >= 0.3 is 0 Å². The Balaban J connectivity index is 1.75. The fourth-order valence-electron chi connectivity index (χ4n) is 2.17. The van der Waals surface area contributed by atoms with Gasteiger partial charge in [-0.05, 0) is 35.4 Å². The van der Waals surface area contributed by atoms with Crippen LogP contribution in [0.5, 0.6) is 11.5 Å². The van der Waals surface area contributed by atoms with Crippen molar-refractivity contribution in [2.75, 3.05) is 0 Å². The summed E-state index contributed by atoms with van der Waals surface area (Å²) < 4.78 is 5.74. The van der Waals surface area contributed by atoms with Crippen molar-refractivity contribution in [3.8, 4) is 11.5 Å². The van der Waals surface area contributed by atoms with Crippen LogP contribution in [0.4, 0.5) is 0 Å². The van der Waals surface area contributed by atoms with Crippen molar-refractivity contribution in [2.45, 2.75) is 6.10 Å². The van der Waals surface area contributed by atoms with E-state index < -0.39 is 6.10 Å². The van der Waals surface area contributed by atoms with Crippen LogP contribution in [-0.2, 0) is 0 Å². The van der Waals surface area contributed by atoms with E-state index in [4.69, 9.17) is 4.74 Å². The van der Waals surface area contributed by atoms with Crippen LogP contribution >= 0.6 is 0 Å². The molecule has 21 heavy (non-hydrogen) atoms. The molecule has 0 bridgehead atoms. The Morgan fingerprint density at radius 2 is 1.05 bits per heavy atom. The normalized spacial score (nSPS) is 11.9. The molecule has 0 heterocycles. The number of para-hydroxylation sites is 1. The van der Waals surface area contributed by atoms with Crippen molar-refractivity contribution in [3.63, 3.8) is 0 Å². The highest BCUT2D eigenvalue weighted by Crippen LogP contribution is 2.26. The maximum atomic E-state index is 10.3. The Morgan fingerprint density at radius 1 is 0.571 bits per heavy atom. The molecule has 1 atom stereocenters. The molecule has 3 aromatic rings. The molecule has 0 spiro atoms. The molecule has 3 rings (SSSR count). The summed E-state index contributed by atoms with van der Waals surface area (Å²) in [5, 5.41) is 10.3. The first kappa shape index (κ1) is 13.4. The Hall–Kier alpha value is -2.58. The predicted molar refractivity (Wildman–Crippen MR) is 83.5 cm³/mol. The zero-order valence-electron chi connectivity index (χ0n) is 11.5. The maximum absolute atomic E-state index is 10.3. The standard InChI is InChI=1S/C19H16O2/c20-19(15-7-3-1-4-8-15)16-11-13-18(14-12-16)21-17-9-5-2-6-10-17/h1-14,19-20H/t19-/m1/s1. The van der Waals surface area contributed by atoms with Crippen LogP contribution in [0.25, 0.3) is 0 Å². The van der Waals surface area contributed by atoms with Gasteiger partial charge in [-0.3, -0.25) is 0 Å². The van der Waals surface area contributed by atoms with E-state index in [0.29, 0.717) is 0 Å². The molecule has 0 saturated heterocycles. The van der Waals surface area contributed by atoms with Gasteiger partial charge in [-0.1, -0.05) is 60.7 Å². The van der Waals surface area contributed by atoms with Gasteiger partial charge < -0.3 is 9.84 Å². The molecule has 3 aromatic carbocycles. The van der Waals surface area contributed by atoms with Crippen LogP contribution in [0.3, 0.4) is 0 Å². The summed E-state index contributed by atoms with van der Waals surface area (Å²) in [6.45, 7) is 0. The monoisotopic (exact) mass is 276 g/mol. The summed E-state index contributed by atoms with van der Waals surface area (Å²) in [7, 11) is 0. The van der Waals surface area contributed by atoms with Gasteiger partial charge in [0.15, 0.2) is 0 Å². The van der Waals surface area contributed by atoms with Gasteiger partial charge in [0, 0.05) is 0 Å². The molecule has 0 aliphatic rings. The number of aliphatic hydroxyl groups excluding tert-OH is 1. The first-order chi connectivity index (χ1) is 10.3. The van der Waals surface area contributed by atoms with E-state index in [0.717, 1.165) is 22.6 Å². The lowest BCUT2D eigenvalue weighted by Crippen LogP contribution is -1.98. The quantitative estimate of drug-likeness (QED) is 0.757. The van der Waals surface area contributed by atoms with Crippen molar-refractivity contribution < 1.29 is 9.84 Å². The zero-order valence-corrected chi connectivity index (χ0v) is 11.5. The zero-order chi connectivity index (χ0) is 14.5. The summed E-state index contributed by atoms with van der Waals surface area (Å²) in [6.07, 6.45) is -0.614. The number of ether oxygens (including phenoxy) is 1. The largest absolute Gasteiger partial charge is 0.457 e. The SMILES string of the molecule is O[C@H](c1ccccc1)c1ccc(Oc2ccccc2)cc1. The summed E-state index contributed by atoms with van der Waals surface area (Å²) in [5.41, 5.74) is 1.73. The molecule has 0 aliphatic carbocycles. The van der Waals surface area contributed by atoms with Crippen LogP contribution in [-0.4, -0.2) is 5.11 Å². The molecule has 2 nitrogen and oxygen atoms in total. The van der Waals surface area contributed by atoms with Gasteiger partial charge in [0.25, 0.3) is 0 Å². The van der Waals surface area contributed by atoms with Gasteiger partial charge in [-0.25, -0.2) is 0 Å². The van der Waals surface area contributed by atoms with E-state index >= 15 is 0 Å². The maximum Gasteiger partial charge on any atom is 0.127 e. The minimum atomic E-state index is -0.614. The second kappa shape index (κ2) is 6.25. The van der Waals surface area contributed by atoms with Crippen molar-refractivity contribution in [1.82, 2.24) is 0 Å². The van der Waals surface area contributed by atoms with Crippen LogP contribution in [0.15, 0.2) is 84.9 Å². The van der Waals surface area contributed by atoms with E-state index in [1.807, 2.05) is 84.9 Å². The number of aliphatic hydroxyl groups is 1. The van der Waals surface area contributed by atoms with E-state index in [1.165, 1.54) is 0 Å². The van der Waals surface area contributed by atoms with Gasteiger partial charge in [-0.15, -0.1) is 0 Å². The fraction of sp³-hybridized carbons (Fsp3) is 0.0526. The summed E-state index contributed by atoms with van der Waals surface area (Å²) in [6, 6.07) is 26.8. The fourth-order valence-corrected chi connectivity index (χ4v) is 2.17. The summed E-state index contributed by atoms with van der Waals surface area (Å²) >= 11 is 0. The van der Waals surface area contributed by atoms with Crippen LogP contribution in [0, 0.1) is 0 Å². The number of hydrogen-bond acceptors (Lipinski definition) is 2. The second-order valence-electron chi connectivity index (χ2n) is 4.80. The lowest BCUT2D eigenvalue weighted by atomic mass is 10.0. The molecule has 2 heteroatoms. The summed E-state index contributed by atoms with van der Waals surface area (Å²) in [5.74, 6) is 1.55. The highest BCUT2D eigenvalue weighted by Gasteiger charge is 2.09. The molecule has 0 amide bonds. The van der Waals surface area contributed by atoms with E-state index in [1.54, 1.807) is 0 Å². The Labute approximate surface area is 124 Å². The molecular formula is C19H16O2. The van der Waals surface area contributed by atoms with Crippen molar-refractivity contribution in [1.29, 1.82) is 0 Å². The highest BCUT2D eigenvalue weighted by molar-refractivity contribution is 5.36. The highest BCUT2D eigenvalue weighted by atomic mass is 16.5. The number of hydrogen-bond donors (Lipinski definition) is 1. The molecule has 0 saturated carbocycles. The molecule has 1 N–H and O–H groups in total. The third kappa shape index (κ3) is 3.30. The topological polar surface area (TPSA) is 29.5 Å². The third-order valence-corrected chi connectivity index (χ3v) is 3.29. The molecule has 104 valence electrons. The smallest absolute Gasteiger partial charge is 0.127 e. The van der Waals surface area contributed by atoms with Gasteiger partial charge in [-0.2, -0.15) is 0 Å². The minimum Gasteiger partial charge on any atom is -0.457 e. The Bertz CT molecular complexity index is 676. The van der Waals surface area contributed by atoms with Crippen LogP contribution in [0.1, 0.15) is 17.2 Å². The molecule has 0 fully saturated rings. The van der Waals surface area contributed by atoms with E-state index in [9.17, 15) is 5.11 Å². The predicted octanol–water partition coefficient (Wildman–Crippen LogP) is 4.56. The molecule has 0 aromatic heterocycles. The lowest BCUT2D eigenvalue weighted by molar-refractivity contribution is 0.220. The minimum absolute atomic E-state index is 0.614. The average Bonchev–Trinajstić information content (AvgIpc) is 2.57. The first-order valence-electron chi connectivity index (χ1n) is 6.89. The second-order valence-corrected chi connectivity index (χ2v) is 4.80. The summed E-state index contributed by atoms with van der Waals surface area (Å²) in [4.78, 5) is 0. The number of benzene rings is 3. The van der Waals surface area contributed by atoms with Crippen LogP contribution in [0.2, 0.25) is 0 Å². The van der Waals surface area contributed by atoms with Crippen molar-refractivity contribution in [2.24, 2.45) is 0 Å². The molecular weight excluding hydrogens is 260 g/mol. The van der Waals surface area contributed by atoms with Crippen molar-refractivity contribution >= 4 is 0 Å². The molecule has 0 radical (unpaired) electrons. The van der Waals surface area contributed by atoms with E-state index in [-0.39, 0.29) is 0 Å². The Kier molecular flexibility index (Phi) is 3.99. The Morgan fingerprint density at radius 3 is 1.67 bits per heavy atom. The van der Waals surface area contributed by atoms with Gasteiger partial charge in [0.2, 0.25) is 0 Å². The first-order valence-corrected chi connectivity index (χ1v) is 6.89. The molecule has 0 unspecified atom stereocenters. The van der Waals surface area contributed by atoms with E-state index in [2.05, 4.69) is 0 Å². The average molecular weight is 276 g/mol. The van der Waals surface area contributed by atoms with Crippen LogP contribution < -0.4 is 4.74 Å².